The van der Waals surface area contributed by atoms with Crippen molar-refractivity contribution in [2.45, 2.75) is 52.5 Å². The molecule has 0 radical (unpaired) electrons. The van der Waals surface area contributed by atoms with E-state index < -0.39 is 0 Å². The molecule has 0 rings (SSSR count). The highest BCUT2D eigenvalue weighted by Crippen LogP contribution is 2.10. The lowest BCUT2D eigenvalue weighted by atomic mass is 10.1. The Balaban J connectivity index is 3.88. The number of alkyl halides is 1. The van der Waals surface area contributed by atoms with Gasteiger partial charge in [-0.1, -0.05) is 43.1 Å². The van der Waals surface area contributed by atoms with Crippen molar-refractivity contribution in [1.82, 2.24) is 4.90 Å². The van der Waals surface area contributed by atoms with Crippen molar-refractivity contribution >= 4 is 15.9 Å². The molecule has 0 aliphatic rings. The standard InChI is InChI=1S/C11H24BrN/c1-4-7-9-13(10-8-12)11(5-2)6-3/h11H,4-10H2,1-3H3. The summed E-state index contributed by atoms with van der Waals surface area (Å²) < 4.78 is 0. The fourth-order valence-corrected chi connectivity index (χ4v) is 2.21. The van der Waals surface area contributed by atoms with Crippen LogP contribution in [0.15, 0.2) is 0 Å². The molecule has 0 aromatic heterocycles. The third-order valence-electron chi connectivity index (χ3n) is 2.63. The molecule has 0 bridgehead atoms. The van der Waals surface area contributed by atoms with Gasteiger partial charge < -0.3 is 0 Å². The topological polar surface area (TPSA) is 3.24 Å². The van der Waals surface area contributed by atoms with Gasteiger partial charge in [0.15, 0.2) is 0 Å². The largest absolute Gasteiger partial charge is 0.300 e. The predicted octanol–water partition coefficient (Wildman–Crippen LogP) is 3.67. The Kier molecular flexibility index (Phi) is 9.32. The summed E-state index contributed by atoms with van der Waals surface area (Å²) in [5.41, 5.74) is 0. The van der Waals surface area contributed by atoms with Crippen molar-refractivity contribution in [3.05, 3.63) is 0 Å². The molecule has 0 aliphatic carbocycles. The number of hydrogen-bond acceptors (Lipinski definition) is 1. The maximum atomic E-state index is 3.53. The molecule has 0 saturated heterocycles. The SMILES string of the molecule is CCCCN(CCBr)C(CC)CC. The lowest BCUT2D eigenvalue weighted by Gasteiger charge is -2.29. The molecular formula is C11H24BrN. The van der Waals surface area contributed by atoms with Gasteiger partial charge in [-0.3, -0.25) is 4.90 Å². The summed E-state index contributed by atoms with van der Waals surface area (Å²) in [6.45, 7) is 9.32. The molecule has 13 heavy (non-hydrogen) atoms. The van der Waals surface area contributed by atoms with Crippen LogP contribution in [-0.2, 0) is 0 Å². The Morgan fingerprint density at radius 3 is 2.08 bits per heavy atom. The Morgan fingerprint density at radius 1 is 1.08 bits per heavy atom. The first kappa shape index (κ1) is 13.4. The number of unbranched alkanes of at least 4 members (excludes halogenated alkanes) is 1. The van der Waals surface area contributed by atoms with E-state index in [2.05, 4.69) is 41.6 Å². The molecule has 0 atom stereocenters. The van der Waals surface area contributed by atoms with Crippen LogP contribution in [0.25, 0.3) is 0 Å². The number of hydrogen-bond donors (Lipinski definition) is 0. The molecule has 0 fully saturated rings. The van der Waals surface area contributed by atoms with Crippen molar-refractivity contribution < 1.29 is 0 Å². The van der Waals surface area contributed by atoms with E-state index in [1.54, 1.807) is 0 Å². The highest BCUT2D eigenvalue weighted by molar-refractivity contribution is 9.09. The van der Waals surface area contributed by atoms with E-state index in [0.717, 1.165) is 11.4 Å². The van der Waals surface area contributed by atoms with Gasteiger partial charge in [0.2, 0.25) is 0 Å². The van der Waals surface area contributed by atoms with Crippen LogP contribution < -0.4 is 0 Å². The van der Waals surface area contributed by atoms with Gasteiger partial charge in [0.05, 0.1) is 0 Å². The number of nitrogens with zero attached hydrogens (tertiary/aromatic N) is 1. The summed E-state index contributed by atoms with van der Waals surface area (Å²) in [7, 11) is 0. The zero-order valence-corrected chi connectivity index (χ0v) is 10.9. The molecule has 0 heterocycles. The molecule has 0 aromatic rings. The molecule has 0 amide bonds. The molecular weight excluding hydrogens is 226 g/mol. The molecule has 80 valence electrons. The smallest absolute Gasteiger partial charge is 0.0159 e. The van der Waals surface area contributed by atoms with Crippen LogP contribution in [-0.4, -0.2) is 29.4 Å². The average Bonchev–Trinajstić information content (AvgIpc) is 2.16. The van der Waals surface area contributed by atoms with Gasteiger partial charge in [-0.2, -0.15) is 0 Å². The third kappa shape index (κ3) is 5.69. The first-order chi connectivity index (χ1) is 6.29. The van der Waals surface area contributed by atoms with Gasteiger partial charge in [-0.05, 0) is 25.8 Å². The molecule has 0 spiro atoms. The first-order valence-electron chi connectivity index (χ1n) is 5.60. The van der Waals surface area contributed by atoms with Crippen molar-refractivity contribution in [3.63, 3.8) is 0 Å². The van der Waals surface area contributed by atoms with Gasteiger partial charge in [0.1, 0.15) is 0 Å². The van der Waals surface area contributed by atoms with Gasteiger partial charge in [-0.15, -0.1) is 0 Å². The minimum Gasteiger partial charge on any atom is -0.300 e. The first-order valence-corrected chi connectivity index (χ1v) is 6.72. The van der Waals surface area contributed by atoms with Crippen LogP contribution in [0.2, 0.25) is 0 Å². The fraction of sp³-hybridized carbons (Fsp3) is 1.00. The summed E-state index contributed by atoms with van der Waals surface area (Å²) in [6, 6.07) is 0.795. The van der Waals surface area contributed by atoms with Gasteiger partial charge in [-0.25, -0.2) is 0 Å². The molecule has 0 unspecified atom stereocenters. The van der Waals surface area contributed by atoms with E-state index in [0.29, 0.717) is 0 Å². The van der Waals surface area contributed by atoms with Crippen LogP contribution >= 0.6 is 15.9 Å². The summed E-state index contributed by atoms with van der Waals surface area (Å²) in [5, 5.41) is 1.10. The zero-order chi connectivity index (χ0) is 10.1. The lowest BCUT2D eigenvalue weighted by Crippen LogP contribution is -2.36. The maximum Gasteiger partial charge on any atom is 0.0159 e. The van der Waals surface area contributed by atoms with Crippen molar-refractivity contribution in [2.75, 3.05) is 18.4 Å². The number of rotatable bonds is 8. The maximum absolute atomic E-state index is 3.53. The highest BCUT2D eigenvalue weighted by Gasteiger charge is 2.12. The second-order valence-corrected chi connectivity index (χ2v) is 4.34. The van der Waals surface area contributed by atoms with E-state index in [9.17, 15) is 0 Å². The summed E-state index contributed by atoms with van der Waals surface area (Å²) in [5.74, 6) is 0. The quantitative estimate of drug-likeness (QED) is 0.594. The van der Waals surface area contributed by atoms with Gasteiger partial charge in [0, 0.05) is 17.9 Å². The van der Waals surface area contributed by atoms with Crippen LogP contribution in [0.3, 0.4) is 0 Å². The third-order valence-corrected chi connectivity index (χ3v) is 2.98. The molecule has 2 heteroatoms. The van der Waals surface area contributed by atoms with Crippen LogP contribution in [0.1, 0.15) is 46.5 Å². The molecule has 1 nitrogen and oxygen atoms in total. The number of halogens is 1. The Labute approximate surface area is 92.0 Å². The molecule has 0 saturated carbocycles. The van der Waals surface area contributed by atoms with E-state index in [-0.39, 0.29) is 0 Å². The minimum absolute atomic E-state index is 0.795. The van der Waals surface area contributed by atoms with E-state index in [1.807, 2.05) is 0 Å². The summed E-state index contributed by atoms with van der Waals surface area (Å²) in [4.78, 5) is 2.62. The van der Waals surface area contributed by atoms with E-state index >= 15 is 0 Å². The van der Waals surface area contributed by atoms with Gasteiger partial charge in [0.25, 0.3) is 0 Å². The second-order valence-electron chi connectivity index (χ2n) is 3.55. The van der Waals surface area contributed by atoms with Crippen molar-refractivity contribution in [2.24, 2.45) is 0 Å². The predicted molar refractivity (Wildman–Crippen MR) is 64.6 cm³/mol. The van der Waals surface area contributed by atoms with Gasteiger partial charge >= 0.3 is 0 Å². The Bertz CT molecular complexity index is 102. The Morgan fingerprint density at radius 2 is 1.69 bits per heavy atom. The van der Waals surface area contributed by atoms with E-state index in [1.165, 1.54) is 38.8 Å². The average molecular weight is 250 g/mol. The van der Waals surface area contributed by atoms with Crippen LogP contribution in [0.5, 0.6) is 0 Å². The summed E-state index contributed by atoms with van der Waals surface area (Å²) >= 11 is 3.53. The fourth-order valence-electron chi connectivity index (χ4n) is 1.75. The second kappa shape index (κ2) is 9.01. The highest BCUT2D eigenvalue weighted by atomic mass is 79.9. The van der Waals surface area contributed by atoms with Crippen molar-refractivity contribution in [3.8, 4) is 0 Å². The normalized spacial score (nSPS) is 11.5. The Hall–Kier alpha value is 0.440. The monoisotopic (exact) mass is 249 g/mol. The molecule has 0 N–H and O–H groups in total. The molecule has 0 aliphatic heterocycles. The molecule has 0 aromatic carbocycles. The van der Waals surface area contributed by atoms with Crippen LogP contribution in [0, 0.1) is 0 Å². The zero-order valence-electron chi connectivity index (χ0n) is 9.35. The summed E-state index contributed by atoms with van der Waals surface area (Å²) in [6.07, 6.45) is 5.21. The minimum atomic E-state index is 0.795. The van der Waals surface area contributed by atoms with Crippen molar-refractivity contribution in [1.29, 1.82) is 0 Å². The van der Waals surface area contributed by atoms with Crippen LogP contribution in [0.4, 0.5) is 0 Å². The lowest BCUT2D eigenvalue weighted by molar-refractivity contribution is 0.195. The van der Waals surface area contributed by atoms with E-state index in [4.69, 9.17) is 0 Å².